The first-order valence-corrected chi connectivity index (χ1v) is 6.51. The van der Waals surface area contributed by atoms with Gasteiger partial charge in [-0.3, -0.25) is 9.59 Å². The van der Waals surface area contributed by atoms with Gasteiger partial charge in [0.1, 0.15) is 0 Å². The van der Waals surface area contributed by atoms with E-state index in [1.807, 2.05) is 0 Å². The van der Waals surface area contributed by atoms with Crippen molar-refractivity contribution in [1.82, 2.24) is 9.88 Å². The second-order valence-electron chi connectivity index (χ2n) is 5.36. The number of amides is 1. The van der Waals surface area contributed by atoms with Crippen molar-refractivity contribution in [3.05, 3.63) is 34.2 Å². The van der Waals surface area contributed by atoms with Gasteiger partial charge >= 0.3 is 0 Å². The third-order valence-corrected chi connectivity index (χ3v) is 3.72. The van der Waals surface area contributed by atoms with Crippen LogP contribution in [0.3, 0.4) is 0 Å². The number of rotatable bonds is 3. The molecule has 1 amide bonds. The summed E-state index contributed by atoms with van der Waals surface area (Å²) in [6.45, 7) is 2.97. The minimum atomic E-state index is -0.155. The van der Waals surface area contributed by atoms with Crippen molar-refractivity contribution in [2.45, 2.75) is 26.2 Å². The largest absolute Gasteiger partial charge is 0.352 e. The quantitative estimate of drug-likeness (QED) is 0.882. The van der Waals surface area contributed by atoms with Crippen LogP contribution >= 0.6 is 0 Å². The van der Waals surface area contributed by atoms with Crippen LogP contribution in [0.1, 0.15) is 36.5 Å². The number of pyridine rings is 1. The van der Waals surface area contributed by atoms with Crippen molar-refractivity contribution in [1.29, 1.82) is 0 Å². The number of nitrogens with zero attached hydrogens (tertiary/aromatic N) is 1. The molecule has 2 atom stereocenters. The van der Waals surface area contributed by atoms with E-state index < -0.39 is 0 Å². The molecule has 2 rings (SSSR count). The predicted octanol–water partition coefficient (Wildman–Crippen LogP) is 1.55. The zero-order chi connectivity index (χ0) is 13.1. The minimum absolute atomic E-state index is 0.146. The molecule has 1 fully saturated rings. The summed E-state index contributed by atoms with van der Waals surface area (Å²) in [5, 5.41) is 2.92. The number of hydrogen-bond acceptors (Lipinski definition) is 2. The van der Waals surface area contributed by atoms with Crippen molar-refractivity contribution < 1.29 is 4.79 Å². The molecule has 1 saturated carbocycles. The Hall–Kier alpha value is -1.58. The van der Waals surface area contributed by atoms with Gasteiger partial charge in [-0.05, 0) is 30.7 Å². The number of aromatic nitrogens is 1. The lowest BCUT2D eigenvalue weighted by atomic mass is 10.1. The zero-order valence-electron chi connectivity index (χ0n) is 11.0. The van der Waals surface area contributed by atoms with Crippen LogP contribution in [0.4, 0.5) is 0 Å². The maximum absolute atomic E-state index is 11.9. The average Bonchev–Trinajstić information content (AvgIpc) is 2.75. The second-order valence-corrected chi connectivity index (χ2v) is 5.36. The molecule has 0 aromatic carbocycles. The summed E-state index contributed by atoms with van der Waals surface area (Å²) >= 11 is 0. The summed E-state index contributed by atoms with van der Waals surface area (Å²) in [4.78, 5) is 23.3. The molecule has 18 heavy (non-hydrogen) atoms. The lowest BCUT2D eigenvalue weighted by Gasteiger charge is -2.11. The van der Waals surface area contributed by atoms with Gasteiger partial charge in [0, 0.05) is 31.4 Å². The molecule has 1 aliphatic rings. The lowest BCUT2D eigenvalue weighted by molar-refractivity contribution is 0.0947. The predicted molar refractivity (Wildman–Crippen MR) is 70.5 cm³/mol. The first-order valence-electron chi connectivity index (χ1n) is 6.51. The summed E-state index contributed by atoms with van der Waals surface area (Å²) in [6, 6.07) is 3.06. The van der Waals surface area contributed by atoms with E-state index in [1.54, 1.807) is 19.3 Å². The molecule has 0 saturated heterocycles. The lowest BCUT2D eigenvalue weighted by Crippen LogP contribution is -2.30. The Morgan fingerprint density at radius 3 is 2.89 bits per heavy atom. The molecule has 0 spiro atoms. The van der Waals surface area contributed by atoms with Crippen LogP contribution in [-0.2, 0) is 7.05 Å². The Kier molecular flexibility index (Phi) is 3.84. The topological polar surface area (TPSA) is 51.1 Å². The van der Waals surface area contributed by atoms with Gasteiger partial charge in [-0.1, -0.05) is 13.3 Å². The van der Waals surface area contributed by atoms with Gasteiger partial charge in [-0.2, -0.15) is 0 Å². The van der Waals surface area contributed by atoms with Gasteiger partial charge in [0.25, 0.3) is 11.5 Å². The van der Waals surface area contributed by atoms with Crippen LogP contribution in [-0.4, -0.2) is 17.0 Å². The number of aryl methyl sites for hydroxylation is 1. The summed E-state index contributed by atoms with van der Waals surface area (Å²) in [5.41, 5.74) is 0.293. The number of nitrogens with one attached hydrogen (secondary N) is 1. The van der Waals surface area contributed by atoms with Crippen molar-refractivity contribution in [2.75, 3.05) is 6.54 Å². The monoisotopic (exact) mass is 248 g/mol. The smallest absolute Gasteiger partial charge is 0.251 e. The van der Waals surface area contributed by atoms with E-state index in [9.17, 15) is 9.59 Å². The van der Waals surface area contributed by atoms with E-state index in [0.29, 0.717) is 11.5 Å². The highest BCUT2D eigenvalue weighted by Gasteiger charge is 2.21. The fraction of sp³-hybridized carbons (Fsp3) is 0.571. The van der Waals surface area contributed by atoms with E-state index in [4.69, 9.17) is 0 Å². The van der Waals surface area contributed by atoms with Crippen molar-refractivity contribution >= 4 is 5.91 Å². The number of hydrogen-bond donors (Lipinski definition) is 1. The normalized spacial score (nSPS) is 23.0. The van der Waals surface area contributed by atoms with Crippen molar-refractivity contribution in [3.8, 4) is 0 Å². The van der Waals surface area contributed by atoms with Gasteiger partial charge in [0.2, 0.25) is 0 Å². The Bertz CT molecular complexity index is 493. The van der Waals surface area contributed by atoms with E-state index in [1.165, 1.54) is 29.9 Å². The fourth-order valence-corrected chi connectivity index (χ4v) is 2.54. The van der Waals surface area contributed by atoms with Crippen LogP contribution in [0.15, 0.2) is 23.1 Å². The minimum Gasteiger partial charge on any atom is -0.352 e. The van der Waals surface area contributed by atoms with Crippen LogP contribution in [0.25, 0.3) is 0 Å². The van der Waals surface area contributed by atoms with Crippen molar-refractivity contribution in [3.63, 3.8) is 0 Å². The van der Waals surface area contributed by atoms with Gasteiger partial charge in [0.05, 0.1) is 0 Å². The summed E-state index contributed by atoms with van der Waals surface area (Å²) in [6.07, 6.45) is 5.26. The maximum Gasteiger partial charge on any atom is 0.251 e. The molecule has 0 radical (unpaired) electrons. The molecular formula is C14H20N2O2. The summed E-state index contributed by atoms with van der Waals surface area (Å²) < 4.78 is 1.45. The van der Waals surface area contributed by atoms with Crippen LogP contribution in [0, 0.1) is 11.8 Å². The molecule has 0 aliphatic heterocycles. The first kappa shape index (κ1) is 12.9. The van der Waals surface area contributed by atoms with Crippen LogP contribution < -0.4 is 10.9 Å². The molecule has 1 aliphatic carbocycles. The standard InChI is InChI=1S/C14H20N2O2/c1-10-3-4-11(7-10)9-15-14(18)12-5-6-16(2)13(17)8-12/h5-6,8,10-11H,3-4,7,9H2,1-2H3,(H,15,18). The van der Waals surface area contributed by atoms with Gasteiger partial charge in [-0.25, -0.2) is 0 Å². The highest BCUT2D eigenvalue weighted by molar-refractivity contribution is 5.93. The molecule has 2 unspecified atom stereocenters. The molecular weight excluding hydrogens is 228 g/mol. The maximum atomic E-state index is 11.9. The van der Waals surface area contributed by atoms with Gasteiger partial charge in [0.15, 0.2) is 0 Å². The Morgan fingerprint density at radius 2 is 2.28 bits per heavy atom. The molecule has 1 heterocycles. The highest BCUT2D eigenvalue weighted by Crippen LogP contribution is 2.29. The molecule has 1 N–H and O–H groups in total. The highest BCUT2D eigenvalue weighted by atomic mass is 16.2. The van der Waals surface area contributed by atoms with Crippen LogP contribution in [0.2, 0.25) is 0 Å². The average molecular weight is 248 g/mol. The first-order chi connectivity index (χ1) is 8.56. The fourth-order valence-electron chi connectivity index (χ4n) is 2.54. The Balaban J connectivity index is 1.91. The van der Waals surface area contributed by atoms with Gasteiger partial charge in [-0.15, -0.1) is 0 Å². The summed E-state index contributed by atoms with van der Waals surface area (Å²) in [5.74, 6) is 1.22. The van der Waals surface area contributed by atoms with Crippen LogP contribution in [0.5, 0.6) is 0 Å². The summed E-state index contributed by atoms with van der Waals surface area (Å²) in [7, 11) is 1.67. The third-order valence-electron chi connectivity index (χ3n) is 3.72. The van der Waals surface area contributed by atoms with Crippen molar-refractivity contribution in [2.24, 2.45) is 18.9 Å². The second kappa shape index (κ2) is 5.38. The van der Waals surface area contributed by atoms with E-state index in [-0.39, 0.29) is 11.5 Å². The third kappa shape index (κ3) is 3.00. The number of carbonyl (C=O) groups excluding carboxylic acids is 1. The number of carbonyl (C=O) groups is 1. The van der Waals surface area contributed by atoms with E-state index >= 15 is 0 Å². The Morgan fingerprint density at radius 1 is 1.50 bits per heavy atom. The molecule has 1 aromatic heterocycles. The molecule has 4 nitrogen and oxygen atoms in total. The molecule has 1 aromatic rings. The molecule has 0 bridgehead atoms. The Labute approximate surface area is 107 Å². The molecule has 98 valence electrons. The van der Waals surface area contributed by atoms with E-state index in [2.05, 4.69) is 12.2 Å². The van der Waals surface area contributed by atoms with E-state index in [0.717, 1.165) is 12.5 Å². The molecule has 4 heteroatoms. The van der Waals surface area contributed by atoms with Gasteiger partial charge < -0.3 is 9.88 Å². The zero-order valence-corrected chi connectivity index (χ0v) is 11.0. The SMILES string of the molecule is CC1CCC(CNC(=O)c2ccn(C)c(=O)c2)C1.